The van der Waals surface area contributed by atoms with Crippen molar-refractivity contribution in [1.82, 2.24) is 15.1 Å². The van der Waals surface area contributed by atoms with Gasteiger partial charge < -0.3 is 15.2 Å². The van der Waals surface area contributed by atoms with Crippen molar-refractivity contribution >= 4 is 6.03 Å². The van der Waals surface area contributed by atoms with E-state index >= 15 is 0 Å². The van der Waals surface area contributed by atoms with Crippen molar-refractivity contribution < 1.29 is 27.8 Å². The van der Waals surface area contributed by atoms with Gasteiger partial charge in [0.2, 0.25) is 0 Å². The van der Waals surface area contributed by atoms with Crippen molar-refractivity contribution in [2.75, 3.05) is 13.2 Å². The van der Waals surface area contributed by atoms with E-state index in [2.05, 4.69) is 10.4 Å². The predicted molar refractivity (Wildman–Crippen MR) is 95.2 cm³/mol. The molecule has 1 unspecified atom stereocenters. The van der Waals surface area contributed by atoms with Crippen LogP contribution in [0.2, 0.25) is 0 Å². The average molecular weight is 397 g/mol. The zero-order valence-corrected chi connectivity index (χ0v) is 15.9. The number of carbonyl (C=O) groups is 1. The molecule has 0 radical (unpaired) electrons. The van der Waals surface area contributed by atoms with Crippen molar-refractivity contribution in [3.63, 3.8) is 0 Å². The Kier molecular flexibility index (Phi) is 5.49. The smallest absolute Gasteiger partial charge is 0.342 e. The van der Waals surface area contributed by atoms with Crippen molar-refractivity contribution in [3.8, 4) is 11.3 Å². The van der Waals surface area contributed by atoms with Gasteiger partial charge in [-0.15, -0.1) is 0 Å². The Morgan fingerprint density at radius 1 is 1.29 bits per heavy atom. The molecule has 0 spiro atoms. The maximum absolute atomic E-state index is 14.3. The number of nitrogens with zero attached hydrogens (tertiary/aromatic N) is 2. The molecule has 1 aromatic heterocycles. The van der Waals surface area contributed by atoms with Crippen LogP contribution in [0.15, 0.2) is 12.1 Å². The molecule has 2 heterocycles. The molecular weight excluding hydrogens is 375 g/mol. The van der Waals surface area contributed by atoms with Crippen LogP contribution in [0, 0.1) is 22.9 Å². The fourth-order valence-electron chi connectivity index (χ4n) is 3.07. The maximum atomic E-state index is 14.3. The fraction of sp³-hybridized carbons (Fsp3) is 0.474. The van der Waals surface area contributed by atoms with E-state index in [1.807, 2.05) is 20.8 Å². The number of halogens is 3. The molecule has 0 saturated heterocycles. The minimum Gasteiger partial charge on any atom is -0.394 e. The first-order valence-electron chi connectivity index (χ1n) is 8.88. The Bertz CT molecular complexity index is 906. The lowest BCUT2D eigenvalue weighted by Crippen LogP contribution is -2.48. The second kappa shape index (κ2) is 7.56. The minimum atomic E-state index is -1.31. The van der Waals surface area contributed by atoms with Gasteiger partial charge in [-0.05, 0) is 11.5 Å². The van der Waals surface area contributed by atoms with Crippen LogP contribution < -0.4 is 5.32 Å². The lowest BCUT2D eigenvalue weighted by molar-refractivity contribution is 0.109. The van der Waals surface area contributed by atoms with Crippen LogP contribution in [0.4, 0.5) is 18.0 Å². The third-order valence-corrected chi connectivity index (χ3v) is 4.80. The molecule has 9 heteroatoms. The van der Waals surface area contributed by atoms with E-state index in [1.54, 1.807) is 0 Å². The lowest BCUT2D eigenvalue weighted by Gasteiger charge is -2.29. The number of rotatable bonds is 3. The zero-order valence-electron chi connectivity index (χ0n) is 15.9. The van der Waals surface area contributed by atoms with E-state index in [1.165, 1.54) is 0 Å². The first-order valence-corrected chi connectivity index (χ1v) is 8.88. The van der Waals surface area contributed by atoms with Gasteiger partial charge in [0, 0.05) is 23.6 Å². The molecule has 1 aromatic carbocycles. The van der Waals surface area contributed by atoms with Crippen LogP contribution in [-0.2, 0) is 17.8 Å². The number of hydrogen-bond donors (Lipinski definition) is 2. The number of aliphatic hydroxyl groups excluding tert-OH is 1. The molecule has 6 nitrogen and oxygen atoms in total. The Morgan fingerprint density at radius 3 is 2.61 bits per heavy atom. The van der Waals surface area contributed by atoms with E-state index in [-0.39, 0.29) is 24.5 Å². The summed E-state index contributed by atoms with van der Waals surface area (Å²) in [6.45, 7) is 5.73. The lowest BCUT2D eigenvalue weighted by atomic mass is 9.87. The van der Waals surface area contributed by atoms with Crippen LogP contribution in [-0.4, -0.2) is 40.2 Å². The van der Waals surface area contributed by atoms with Gasteiger partial charge in [0.25, 0.3) is 0 Å². The largest absolute Gasteiger partial charge is 0.394 e. The highest BCUT2D eigenvalue weighted by Crippen LogP contribution is 2.32. The number of nitrogens with one attached hydrogen (secondary N) is 1. The number of ether oxygens (including phenoxy) is 1. The van der Waals surface area contributed by atoms with Crippen LogP contribution in [0.1, 0.15) is 32.0 Å². The van der Waals surface area contributed by atoms with Gasteiger partial charge in [-0.25, -0.2) is 18.0 Å². The quantitative estimate of drug-likeness (QED) is 0.781. The van der Waals surface area contributed by atoms with Gasteiger partial charge in [0.15, 0.2) is 11.6 Å². The van der Waals surface area contributed by atoms with Gasteiger partial charge in [-0.1, -0.05) is 20.8 Å². The van der Waals surface area contributed by atoms with Gasteiger partial charge in [-0.3, -0.25) is 0 Å². The van der Waals surface area contributed by atoms with Crippen LogP contribution in [0.5, 0.6) is 0 Å². The third-order valence-electron chi connectivity index (χ3n) is 4.80. The molecule has 1 amide bonds. The molecule has 0 fully saturated rings. The molecule has 0 saturated carbocycles. The Balaban J connectivity index is 2.05. The monoisotopic (exact) mass is 397 g/mol. The molecule has 1 aliphatic heterocycles. The molecule has 0 bridgehead atoms. The van der Waals surface area contributed by atoms with Crippen molar-refractivity contribution in [2.45, 2.75) is 39.8 Å². The highest BCUT2D eigenvalue weighted by molar-refractivity contribution is 5.79. The van der Waals surface area contributed by atoms with Crippen LogP contribution >= 0.6 is 0 Å². The van der Waals surface area contributed by atoms with E-state index in [0.29, 0.717) is 30.4 Å². The standard InChI is InChI=1S/C19H22F3N3O3/c1-19(2,3)16(8-26)23-18(27)25-15-4-5-28-9-11(15)17(24-25)10-6-13(21)14(22)7-12(10)20/h6-7,16,26H,4-5,8-9H2,1-3H3,(H,23,27). The molecule has 2 aromatic rings. The molecule has 0 aliphatic carbocycles. The summed E-state index contributed by atoms with van der Waals surface area (Å²) in [6.07, 6.45) is 0.348. The normalized spacial score (nSPS) is 15.2. The number of aromatic nitrogens is 2. The summed E-state index contributed by atoms with van der Waals surface area (Å²) >= 11 is 0. The Hall–Kier alpha value is -2.39. The summed E-state index contributed by atoms with van der Waals surface area (Å²) in [4.78, 5) is 12.8. The van der Waals surface area contributed by atoms with E-state index in [4.69, 9.17) is 4.74 Å². The Morgan fingerprint density at radius 2 is 1.96 bits per heavy atom. The number of aliphatic hydroxyl groups is 1. The fourth-order valence-corrected chi connectivity index (χ4v) is 3.07. The first kappa shape index (κ1) is 20.3. The van der Waals surface area contributed by atoms with E-state index in [9.17, 15) is 23.1 Å². The number of hydrogen-bond acceptors (Lipinski definition) is 4. The predicted octanol–water partition coefficient (Wildman–Crippen LogP) is 3.00. The zero-order chi connectivity index (χ0) is 20.6. The van der Waals surface area contributed by atoms with Crippen molar-refractivity contribution in [3.05, 3.63) is 40.8 Å². The summed E-state index contributed by atoms with van der Waals surface area (Å²) in [5, 5.41) is 16.5. The molecule has 2 N–H and O–H groups in total. The van der Waals surface area contributed by atoms with Gasteiger partial charge in [-0.2, -0.15) is 9.78 Å². The number of amides is 1. The van der Waals surface area contributed by atoms with Gasteiger partial charge >= 0.3 is 6.03 Å². The summed E-state index contributed by atoms with van der Waals surface area (Å²) in [7, 11) is 0. The van der Waals surface area contributed by atoms with Gasteiger partial charge in [0.05, 0.1) is 31.6 Å². The second-order valence-electron chi connectivity index (χ2n) is 7.79. The van der Waals surface area contributed by atoms with E-state index in [0.717, 1.165) is 10.7 Å². The number of carbonyl (C=O) groups excluding carboxylic acids is 1. The van der Waals surface area contributed by atoms with Gasteiger partial charge in [0.1, 0.15) is 11.5 Å². The summed E-state index contributed by atoms with van der Waals surface area (Å²) in [5.74, 6) is -3.51. The molecule has 1 aliphatic rings. The maximum Gasteiger partial charge on any atom is 0.342 e. The molecule has 1 atom stereocenters. The molecule has 152 valence electrons. The Labute approximate surface area is 160 Å². The average Bonchev–Trinajstić information content (AvgIpc) is 3.01. The van der Waals surface area contributed by atoms with Crippen LogP contribution in [0.3, 0.4) is 0 Å². The van der Waals surface area contributed by atoms with Crippen molar-refractivity contribution in [1.29, 1.82) is 0 Å². The topological polar surface area (TPSA) is 76.4 Å². The number of fused-ring (bicyclic) bond motifs is 1. The second-order valence-corrected chi connectivity index (χ2v) is 7.79. The molecule has 3 rings (SSSR count). The summed E-state index contributed by atoms with van der Waals surface area (Å²) in [6, 6.07) is 0.0290. The molecule has 28 heavy (non-hydrogen) atoms. The molecular formula is C19H22F3N3O3. The van der Waals surface area contributed by atoms with E-state index < -0.39 is 34.9 Å². The highest BCUT2D eigenvalue weighted by atomic mass is 19.2. The highest BCUT2D eigenvalue weighted by Gasteiger charge is 2.30. The first-order chi connectivity index (χ1) is 13.1. The van der Waals surface area contributed by atoms with Crippen molar-refractivity contribution in [2.24, 2.45) is 5.41 Å². The SMILES string of the molecule is CC(C)(C)C(CO)NC(=O)n1nc(-c2cc(F)c(F)cc2F)c2c1CCOC2. The van der Waals surface area contributed by atoms with Crippen LogP contribution in [0.25, 0.3) is 11.3 Å². The minimum absolute atomic E-state index is 0.0255. The summed E-state index contributed by atoms with van der Waals surface area (Å²) < 4.78 is 47.7. The third kappa shape index (κ3) is 3.77. The summed E-state index contributed by atoms with van der Waals surface area (Å²) in [5.41, 5.74) is 0.325. The number of benzene rings is 1.